The topological polar surface area (TPSA) is 68.8 Å². The van der Waals surface area contributed by atoms with Crippen LogP contribution < -0.4 is 10.2 Å². The fourth-order valence-corrected chi connectivity index (χ4v) is 6.31. The van der Waals surface area contributed by atoms with E-state index in [1.807, 2.05) is 46.3 Å². The lowest BCUT2D eigenvalue weighted by atomic mass is 9.88. The monoisotopic (exact) mass is 541 g/mol. The maximum absolute atomic E-state index is 13.9. The molecule has 0 saturated carbocycles. The zero-order valence-electron chi connectivity index (χ0n) is 23.4. The number of carbonyl (C=O) groups is 2. The van der Waals surface area contributed by atoms with Crippen molar-refractivity contribution in [2.45, 2.75) is 51.2 Å². The molecule has 1 aromatic heterocycles. The standard InChI is InChI=1S/C32H36FN5O2/c1-21-16-36(26(14-34-21)18-37-17-23-6-4-5-7-27(23)31(37)40)19-30(39)38-20-32(2,3)28-15-35-25(13-29(28)38)12-22-8-10-24(33)11-9-22/h4-11,13,15,21,26,34H,12,14,16-20H2,1-3H3/t21-,26?/m1/s1. The van der Waals surface area contributed by atoms with Crippen LogP contribution in [0.15, 0.2) is 60.8 Å². The second kappa shape index (κ2) is 10.4. The van der Waals surface area contributed by atoms with Gasteiger partial charge < -0.3 is 15.1 Å². The number of anilines is 1. The Balaban J connectivity index is 1.19. The number of halogens is 1. The zero-order chi connectivity index (χ0) is 28.0. The number of rotatable bonds is 6. The average molecular weight is 542 g/mol. The van der Waals surface area contributed by atoms with Gasteiger partial charge in [-0.05, 0) is 42.3 Å². The molecule has 0 radical (unpaired) electrons. The fraction of sp³-hybridized carbons (Fsp3) is 0.406. The van der Waals surface area contributed by atoms with Crippen LogP contribution in [0.25, 0.3) is 0 Å². The molecular formula is C32H36FN5O2. The molecule has 1 fully saturated rings. The van der Waals surface area contributed by atoms with Crippen molar-refractivity contribution in [3.8, 4) is 0 Å². The second-order valence-corrected chi connectivity index (χ2v) is 12.1. The second-order valence-electron chi connectivity index (χ2n) is 12.1. The van der Waals surface area contributed by atoms with E-state index in [1.165, 1.54) is 12.1 Å². The molecule has 0 spiro atoms. The van der Waals surface area contributed by atoms with Gasteiger partial charge in [-0.2, -0.15) is 0 Å². The molecule has 3 aliphatic rings. The Morgan fingerprint density at radius 3 is 2.70 bits per heavy atom. The van der Waals surface area contributed by atoms with Gasteiger partial charge in [-0.15, -0.1) is 0 Å². The highest BCUT2D eigenvalue weighted by molar-refractivity contribution is 5.98. The first-order valence-corrected chi connectivity index (χ1v) is 14.1. The first-order chi connectivity index (χ1) is 19.2. The van der Waals surface area contributed by atoms with E-state index in [9.17, 15) is 14.0 Å². The van der Waals surface area contributed by atoms with E-state index >= 15 is 0 Å². The van der Waals surface area contributed by atoms with Crippen molar-refractivity contribution in [3.63, 3.8) is 0 Å². The zero-order valence-corrected chi connectivity index (χ0v) is 23.4. The van der Waals surface area contributed by atoms with E-state index in [4.69, 9.17) is 0 Å². The molecule has 2 amide bonds. The molecule has 2 atom stereocenters. The Bertz CT molecular complexity index is 1440. The van der Waals surface area contributed by atoms with Gasteiger partial charge >= 0.3 is 0 Å². The summed E-state index contributed by atoms with van der Waals surface area (Å²) in [5.41, 5.74) is 5.43. The molecule has 1 N–H and O–H groups in total. The van der Waals surface area contributed by atoms with Crippen LogP contribution in [0, 0.1) is 5.82 Å². The summed E-state index contributed by atoms with van der Waals surface area (Å²) in [7, 11) is 0. The Hall–Kier alpha value is -3.62. The van der Waals surface area contributed by atoms with Gasteiger partial charge in [0.2, 0.25) is 5.91 Å². The normalized spacial score (nSPS) is 21.9. The highest BCUT2D eigenvalue weighted by Crippen LogP contribution is 2.40. The molecule has 8 heteroatoms. The van der Waals surface area contributed by atoms with E-state index in [2.05, 4.69) is 36.0 Å². The minimum absolute atomic E-state index is 0.0416. The summed E-state index contributed by atoms with van der Waals surface area (Å²) in [4.78, 5) is 37.7. The fourth-order valence-electron chi connectivity index (χ4n) is 6.31. The summed E-state index contributed by atoms with van der Waals surface area (Å²) < 4.78 is 13.4. The predicted octanol–water partition coefficient (Wildman–Crippen LogP) is 3.75. The molecule has 2 aromatic carbocycles. The van der Waals surface area contributed by atoms with Crippen LogP contribution in [0.1, 0.15) is 53.5 Å². The average Bonchev–Trinajstić information content (AvgIpc) is 3.39. The van der Waals surface area contributed by atoms with Gasteiger partial charge in [0.1, 0.15) is 5.82 Å². The summed E-state index contributed by atoms with van der Waals surface area (Å²) in [6, 6.07) is 16.6. The first kappa shape index (κ1) is 26.6. The number of piperazine rings is 1. The number of hydrogen-bond acceptors (Lipinski definition) is 5. The number of benzene rings is 2. The summed E-state index contributed by atoms with van der Waals surface area (Å²) in [5.74, 6) is -0.138. The molecule has 0 bridgehead atoms. The van der Waals surface area contributed by atoms with Crippen LogP contribution in [0.3, 0.4) is 0 Å². The predicted molar refractivity (Wildman–Crippen MR) is 153 cm³/mol. The number of aromatic nitrogens is 1. The summed E-state index contributed by atoms with van der Waals surface area (Å²) in [6.45, 7) is 9.95. The SMILES string of the molecule is C[C@@H]1CN(CC(=O)N2CC(C)(C)c3cnc(Cc4ccc(F)cc4)cc32)C(CN2Cc3ccccc3C2=O)CN1. The number of hydrogen-bond donors (Lipinski definition) is 1. The minimum atomic E-state index is -0.261. The van der Waals surface area contributed by atoms with Gasteiger partial charge in [-0.3, -0.25) is 19.5 Å². The molecular weight excluding hydrogens is 505 g/mol. The molecule has 1 unspecified atom stereocenters. The van der Waals surface area contributed by atoms with Crippen molar-refractivity contribution in [3.05, 3.63) is 94.6 Å². The summed E-state index contributed by atoms with van der Waals surface area (Å²) in [6.07, 6.45) is 2.47. The van der Waals surface area contributed by atoms with Gasteiger partial charge in [-0.1, -0.05) is 44.2 Å². The quantitative estimate of drug-likeness (QED) is 0.515. The maximum Gasteiger partial charge on any atom is 0.254 e. The Morgan fingerprint density at radius 2 is 1.93 bits per heavy atom. The minimum Gasteiger partial charge on any atom is -0.333 e. The molecule has 1 saturated heterocycles. The van der Waals surface area contributed by atoms with Crippen LogP contribution in [0.4, 0.5) is 10.1 Å². The molecule has 7 nitrogen and oxygen atoms in total. The van der Waals surface area contributed by atoms with Crippen LogP contribution >= 0.6 is 0 Å². The number of amides is 2. The largest absolute Gasteiger partial charge is 0.333 e. The molecule has 4 heterocycles. The number of pyridine rings is 1. The van der Waals surface area contributed by atoms with Crippen LogP contribution in [-0.4, -0.2) is 71.4 Å². The van der Waals surface area contributed by atoms with Gasteiger partial charge in [0, 0.05) is 79.7 Å². The van der Waals surface area contributed by atoms with Gasteiger partial charge in [0.25, 0.3) is 5.91 Å². The highest BCUT2D eigenvalue weighted by atomic mass is 19.1. The lowest BCUT2D eigenvalue weighted by molar-refractivity contribution is -0.120. The van der Waals surface area contributed by atoms with E-state index < -0.39 is 0 Å². The van der Waals surface area contributed by atoms with Crippen molar-refractivity contribution < 1.29 is 14.0 Å². The Labute approximate surface area is 235 Å². The molecule has 6 rings (SSSR count). The third kappa shape index (κ3) is 5.13. The number of nitrogens with zero attached hydrogens (tertiary/aromatic N) is 4. The first-order valence-electron chi connectivity index (χ1n) is 14.1. The van der Waals surface area contributed by atoms with Gasteiger partial charge in [0.15, 0.2) is 0 Å². The van der Waals surface area contributed by atoms with Crippen LogP contribution in [0.5, 0.6) is 0 Å². The molecule has 3 aromatic rings. The lowest BCUT2D eigenvalue weighted by Gasteiger charge is -2.41. The van der Waals surface area contributed by atoms with E-state index in [-0.39, 0.29) is 41.7 Å². The summed E-state index contributed by atoms with van der Waals surface area (Å²) >= 11 is 0. The van der Waals surface area contributed by atoms with E-state index in [0.29, 0.717) is 26.1 Å². The Kier molecular flexibility index (Phi) is 6.92. The van der Waals surface area contributed by atoms with Gasteiger partial charge in [0.05, 0.1) is 12.2 Å². The number of fused-ring (bicyclic) bond motifs is 2. The van der Waals surface area contributed by atoms with Crippen molar-refractivity contribution in [1.29, 1.82) is 0 Å². The number of nitrogens with one attached hydrogen (secondary N) is 1. The van der Waals surface area contributed by atoms with Crippen LogP contribution in [0.2, 0.25) is 0 Å². The third-order valence-electron chi connectivity index (χ3n) is 8.50. The Morgan fingerprint density at radius 1 is 1.15 bits per heavy atom. The van der Waals surface area contributed by atoms with E-state index in [0.717, 1.165) is 46.7 Å². The van der Waals surface area contributed by atoms with Crippen molar-refractivity contribution >= 4 is 17.5 Å². The molecule has 208 valence electrons. The molecule has 40 heavy (non-hydrogen) atoms. The smallest absolute Gasteiger partial charge is 0.254 e. The van der Waals surface area contributed by atoms with E-state index in [1.54, 1.807) is 12.1 Å². The van der Waals surface area contributed by atoms with Crippen molar-refractivity contribution in [1.82, 2.24) is 20.1 Å². The molecule has 3 aliphatic heterocycles. The summed E-state index contributed by atoms with van der Waals surface area (Å²) in [5, 5.41) is 3.54. The lowest BCUT2D eigenvalue weighted by Crippen LogP contribution is -2.60. The van der Waals surface area contributed by atoms with Crippen LogP contribution in [-0.2, 0) is 23.2 Å². The highest BCUT2D eigenvalue weighted by Gasteiger charge is 2.40. The van der Waals surface area contributed by atoms with Crippen molar-refractivity contribution in [2.75, 3.05) is 37.6 Å². The maximum atomic E-state index is 13.9. The number of carbonyl (C=O) groups excluding carboxylic acids is 2. The van der Waals surface area contributed by atoms with Crippen molar-refractivity contribution in [2.24, 2.45) is 0 Å². The van der Waals surface area contributed by atoms with Gasteiger partial charge in [-0.25, -0.2) is 4.39 Å². The molecule has 0 aliphatic carbocycles. The third-order valence-corrected chi connectivity index (χ3v) is 8.50.